The number of aromatic nitrogens is 1. The van der Waals surface area contributed by atoms with Gasteiger partial charge >= 0.3 is 0 Å². The summed E-state index contributed by atoms with van der Waals surface area (Å²) in [6.45, 7) is 3.12. The lowest BCUT2D eigenvalue weighted by atomic mass is 10.1. The van der Waals surface area contributed by atoms with Crippen molar-refractivity contribution in [3.63, 3.8) is 0 Å². The van der Waals surface area contributed by atoms with Crippen molar-refractivity contribution < 1.29 is 0 Å². The molecule has 4 rings (SSSR count). The monoisotopic (exact) mass is 423 g/mol. The first-order chi connectivity index (χ1) is 11.7. The molecule has 0 unspecified atom stereocenters. The van der Waals surface area contributed by atoms with Crippen LogP contribution in [0.3, 0.4) is 0 Å². The average molecular weight is 423 g/mol. The molecule has 0 bridgehead atoms. The molecule has 0 radical (unpaired) electrons. The molecule has 24 heavy (non-hydrogen) atoms. The van der Waals surface area contributed by atoms with E-state index in [1.807, 2.05) is 0 Å². The Balaban J connectivity index is 1.93. The fourth-order valence-electron chi connectivity index (χ4n) is 3.38. The number of hydrogen-bond donors (Lipinski definition) is 0. The van der Waals surface area contributed by atoms with E-state index in [-0.39, 0.29) is 0 Å². The first-order valence-corrected chi connectivity index (χ1v) is 9.19. The lowest BCUT2D eigenvalue weighted by Crippen LogP contribution is -2.02. The Morgan fingerprint density at radius 3 is 2.21 bits per heavy atom. The fraction of sp³-hybridized carbons (Fsp3) is 0.0909. The SMILES string of the molecule is Cc1c(-c2ccccc2)n(Cc2ccc(I)cc2)c2ccccc12. The average Bonchev–Trinajstić information content (AvgIpc) is 2.90. The van der Waals surface area contributed by atoms with Crippen LogP contribution in [0.4, 0.5) is 0 Å². The van der Waals surface area contributed by atoms with Gasteiger partial charge in [0.1, 0.15) is 0 Å². The van der Waals surface area contributed by atoms with Crippen LogP contribution in [0.25, 0.3) is 22.2 Å². The largest absolute Gasteiger partial charge is 0.336 e. The number of hydrogen-bond acceptors (Lipinski definition) is 0. The van der Waals surface area contributed by atoms with E-state index >= 15 is 0 Å². The topological polar surface area (TPSA) is 4.93 Å². The number of nitrogens with zero attached hydrogens (tertiary/aromatic N) is 1. The summed E-state index contributed by atoms with van der Waals surface area (Å²) >= 11 is 2.36. The zero-order chi connectivity index (χ0) is 16.5. The number of para-hydroxylation sites is 1. The zero-order valence-electron chi connectivity index (χ0n) is 13.5. The molecule has 0 saturated carbocycles. The van der Waals surface area contributed by atoms with Crippen LogP contribution < -0.4 is 0 Å². The maximum absolute atomic E-state index is 2.45. The molecule has 0 aliphatic heterocycles. The minimum absolute atomic E-state index is 0.884. The van der Waals surface area contributed by atoms with Crippen molar-refractivity contribution in [3.8, 4) is 11.3 Å². The second-order valence-electron chi connectivity index (χ2n) is 6.07. The third-order valence-electron chi connectivity index (χ3n) is 4.53. The molecule has 1 aromatic heterocycles. The predicted molar refractivity (Wildman–Crippen MR) is 110 cm³/mol. The Morgan fingerprint density at radius 1 is 0.792 bits per heavy atom. The Labute approximate surface area is 156 Å². The number of halogens is 1. The van der Waals surface area contributed by atoms with E-state index in [1.54, 1.807) is 0 Å². The Bertz CT molecular complexity index is 982. The lowest BCUT2D eigenvalue weighted by molar-refractivity contribution is 0.842. The summed E-state index contributed by atoms with van der Waals surface area (Å²) in [7, 11) is 0. The highest BCUT2D eigenvalue weighted by Gasteiger charge is 2.15. The molecule has 1 heterocycles. The third-order valence-corrected chi connectivity index (χ3v) is 5.24. The first kappa shape index (κ1) is 15.5. The molecule has 0 amide bonds. The van der Waals surface area contributed by atoms with E-state index in [2.05, 4.69) is 113 Å². The summed E-state index contributed by atoms with van der Waals surface area (Å²) in [5.41, 5.74) is 6.56. The summed E-state index contributed by atoms with van der Waals surface area (Å²) in [4.78, 5) is 0. The van der Waals surface area contributed by atoms with Gasteiger partial charge in [-0.05, 0) is 64.4 Å². The van der Waals surface area contributed by atoms with Crippen LogP contribution in [0.5, 0.6) is 0 Å². The van der Waals surface area contributed by atoms with Gasteiger partial charge in [0.2, 0.25) is 0 Å². The Kier molecular flexibility index (Phi) is 4.15. The summed E-state index contributed by atoms with van der Waals surface area (Å²) in [5.74, 6) is 0. The van der Waals surface area contributed by atoms with E-state index < -0.39 is 0 Å². The van der Waals surface area contributed by atoms with Crippen LogP contribution in [0, 0.1) is 10.5 Å². The predicted octanol–water partition coefficient (Wildman–Crippen LogP) is 6.27. The van der Waals surface area contributed by atoms with Crippen molar-refractivity contribution >= 4 is 33.5 Å². The number of aryl methyl sites for hydroxylation is 1. The van der Waals surface area contributed by atoms with Crippen molar-refractivity contribution in [1.82, 2.24) is 4.57 Å². The van der Waals surface area contributed by atoms with Crippen LogP contribution in [0.1, 0.15) is 11.1 Å². The van der Waals surface area contributed by atoms with Gasteiger partial charge in [0.15, 0.2) is 0 Å². The summed E-state index contributed by atoms with van der Waals surface area (Å²) in [5, 5.41) is 1.34. The zero-order valence-corrected chi connectivity index (χ0v) is 15.7. The molecule has 0 aliphatic rings. The third kappa shape index (κ3) is 2.75. The van der Waals surface area contributed by atoms with Gasteiger partial charge in [-0.15, -0.1) is 0 Å². The number of benzene rings is 3. The molecule has 1 nitrogen and oxygen atoms in total. The number of rotatable bonds is 3. The second kappa shape index (κ2) is 6.44. The molecule has 0 N–H and O–H groups in total. The molecular formula is C22H18IN. The normalized spacial score (nSPS) is 11.1. The highest BCUT2D eigenvalue weighted by Crippen LogP contribution is 2.33. The molecule has 0 fully saturated rings. The van der Waals surface area contributed by atoms with Crippen molar-refractivity contribution in [2.75, 3.05) is 0 Å². The van der Waals surface area contributed by atoms with Crippen molar-refractivity contribution in [1.29, 1.82) is 0 Å². The second-order valence-corrected chi connectivity index (χ2v) is 7.32. The molecule has 118 valence electrons. The van der Waals surface area contributed by atoms with Crippen molar-refractivity contribution in [2.45, 2.75) is 13.5 Å². The quantitative estimate of drug-likeness (QED) is 0.343. The van der Waals surface area contributed by atoms with Crippen LogP contribution >= 0.6 is 22.6 Å². The maximum atomic E-state index is 2.45. The molecular weight excluding hydrogens is 405 g/mol. The van der Waals surface area contributed by atoms with Gasteiger partial charge in [-0.25, -0.2) is 0 Å². The summed E-state index contributed by atoms with van der Waals surface area (Å²) in [6.07, 6.45) is 0. The first-order valence-electron chi connectivity index (χ1n) is 8.12. The van der Waals surface area contributed by atoms with E-state index in [9.17, 15) is 0 Å². The van der Waals surface area contributed by atoms with Crippen molar-refractivity contribution in [2.24, 2.45) is 0 Å². The van der Waals surface area contributed by atoms with E-state index in [4.69, 9.17) is 0 Å². The molecule has 0 atom stereocenters. The van der Waals surface area contributed by atoms with Crippen molar-refractivity contribution in [3.05, 3.63) is 93.6 Å². The van der Waals surface area contributed by atoms with Gasteiger partial charge in [-0.3, -0.25) is 0 Å². The molecule has 0 aliphatic carbocycles. The smallest absolute Gasteiger partial charge is 0.0524 e. The van der Waals surface area contributed by atoms with Gasteiger partial charge in [-0.2, -0.15) is 0 Å². The molecule has 0 spiro atoms. The van der Waals surface area contributed by atoms with Crippen LogP contribution in [-0.4, -0.2) is 4.57 Å². The Morgan fingerprint density at radius 2 is 1.46 bits per heavy atom. The fourth-order valence-corrected chi connectivity index (χ4v) is 3.74. The van der Waals surface area contributed by atoms with Crippen LogP contribution in [0.2, 0.25) is 0 Å². The highest BCUT2D eigenvalue weighted by molar-refractivity contribution is 14.1. The van der Waals surface area contributed by atoms with Gasteiger partial charge < -0.3 is 4.57 Å². The molecule has 3 aromatic carbocycles. The minimum Gasteiger partial charge on any atom is -0.336 e. The summed E-state index contributed by atoms with van der Waals surface area (Å²) < 4.78 is 3.72. The Hall–Kier alpha value is -2.07. The minimum atomic E-state index is 0.884. The highest BCUT2D eigenvalue weighted by atomic mass is 127. The lowest BCUT2D eigenvalue weighted by Gasteiger charge is -2.12. The van der Waals surface area contributed by atoms with E-state index in [0.29, 0.717) is 0 Å². The number of fused-ring (bicyclic) bond motifs is 1. The molecule has 2 heteroatoms. The molecule has 0 saturated heterocycles. The standard InChI is InChI=1S/C22H18IN/c1-16-20-9-5-6-10-21(20)24(15-17-11-13-19(23)14-12-17)22(16)18-7-3-2-4-8-18/h2-14H,15H2,1H3. The van der Waals surface area contributed by atoms with Gasteiger partial charge in [-0.1, -0.05) is 60.7 Å². The van der Waals surface area contributed by atoms with Crippen LogP contribution in [-0.2, 0) is 6.54 Å². The molecule has 4 aromatic rings. The van der Waals surface area contributed by atoms with Gasteiger partial charge in [0.05, 0.1) is 5.69 Å². The van der Waals surface area contributed by atoms with E-state index in [0.717, 1.165) is 6.54 Å². The van der Waals surface area contributed by atoms with Gasteiger partial charge in [0.25, 0.3) is 0 Å². The maximum Gasteiger partial charge on any atom is 0.0524 e. The van der Waals surface area contributed by atoms with E-state index in [1.165, 1.54) is 36.9 Å². The van der Waals surface area contributed by atoms with Crippen LogP contribution in [0.15, 0.2) is 78.9 Å². The van der Waals surface area contributed by atoms with Gasteiger partial charge in [0, 0.05) is 21.0 Å². The summed E-state index contributed by atoms with van der Waals surface area (Å²) in [6, 6.07) is 28.2.